The van der Waals surface area contributed by atoms with Crippen LogP contribution >= 0.6 is 11.3 Å². The Morgan fingerprint density at radius 1 is 1.61 bits per heavy atom. The minimum absolute atomic E-state index is 0.0535. The van der Waals surface area contributed by atoms with E-state index in [4.69, 9.17) is 4.42 Å². The molecule has 0 aromatic carbocycles. The van der Waals surface area contributed by atoms with Crippen molar-refractivity contribution in [2.45, 2.75) is 38.3 Å². The maximum absolute atomic E-state index is 12.2. The summed E-state index contributed by atoms with van der Waals surface area (Å²) in [6, 6.07) is 3.03. The number of urea groups is 1. The first kappa shape index (κ1) is 16.0. The van der Waals surface area contributed by atoms with Crippen molar-refractivity contribution < 1.29 is 14.3 Å². The highest BCUT2D eigenvalue weighted by Crippen LogP contribution is 2.42. The van der Waals surface area contributed by atoms with Crippen LogP contribution in [0, 0.1) is 12.8 Å². The second-order valence-corrected chi connectivity index (χ2v) is 7.47. The molecule has 124 valence electrons. The summed E-state index contributed by atoms with van der Waals surface area (Å²) in [4.78, 5) is 17.7. The molecule has 7 heteroatoms. The smallest absolute Gasteiger partial charge is 0.315 e. The molecule has 23 heavy (non-hydrogen) atoms. The van der Waals surface area contributed by atoms with Gasteiger partial charge in [-0.1, -0.05) is 0 Å². The fourth-order valence-corrected chi connectivity index (χ4v) is 3.36. The third-order valence-electron chi connectivity index (χ3n) is 3.93. The van der Waals surface area contributed by atoms with Crippen LogP contribution in [0.5, 0.6) is 0 Å². The SMILES string of the molecule is Cc1cnc(C(NC(=O)NCC(C)(O)c2ccco2)C2CC2)s1. The third kappa shape index (κ3) is 3.92. The van der Waals surface area contributed by atoms with E-state index in [1.54, 1.807) is 30.4 Å². The standard InChI is InChI=1S/C16H21N3O3S/c1-10-8-17-14(23-10)13(11-5-6-11)19-15(20)18-9-16(2,21)12-4-3-7-22-12/h3-4,7-8,11,13,21H,5-6,9H2,1-2H3,(H2,18,19,20). The number of aliphatic hydroxyl groups is 1. The van der Waals surface area contributed by atoms with Crippen molar-refractivity contribution in [2.24, 2.45) is 5.92 Å². The summed E-state index contributed by atoms with van der Waals surface area (Å²) >= 11 is 1.61. The highest BCUT2D eigenvalue weighted by atomic mass is 32.1. The van der Waals surface area contributed by atoms with Crippen LogP contribution in [0.1, 0.15) is 41.5 Å². The van der Waals surface area contributed by atoms with Gasteiger partial charge < -0.3 is 20.2 Å². The molecule has 0 radical (unpaired) electrons. The summed E-state index contributed by atoms with van der Waals surface area (Å²) in [5.74, 6) is 0.879. The molecule has 0 spiro atoms. The van der Waals surface area contributed by atoms with E-state index in [1.807, 2.05) is 13.1 Å². The first-order valence-electron chi connectivity index (χ1n) is 7.69. The van der Waals surface area contributed by atoms with Crippen LogP contribution in [0.2, 0.25) is 0 Å². The van der Waals surface area contributed by atoms with E-state index in [0.717, 1.165) is 22.7 Å². The topological polar surface area (TPSA) is 87.4 Å². The van der Waals surface area contributed by atoms with Crippen LogP contribution in [0.15, 0.2) is 29.0 Å². The van der Waals surface area contributed by atoms with Crippen LogP contribution in [-0.2, 0) is 5.60 Å². The molecule has 2 atom stereocenters. The zero-order valence-electron chi connectivity index (χ0n) is 13.2. The number of thiazole rings is 1. The predicted octanol–water partition coefficient (Wildman–Crippen LogP) is 2.70. The number of aromatic nitrogens is 1. The zero-order chi connectivity index (χ0) is 16.4. The van der Waals surface area contributed by atoms with Crippen molar-refractivity contribution in [3.63, 3.8) is 0 Å². The lowest BCUT2D eigenvalue weighted by Gasteiger charge is -2.22. The minimum atomic E-state index is -1.24. The van der Waals surface area contributed by atoms with Gasteiger partial charge in [0.1, 0.15) is 16.4 Å². The molecule has 3 rings (SSSR count). The number of carbonyl (C=O) groups is 1. The second-order valence-electron chi connectivity index (χ2n) is 6.20. The van der Waals surface area contributed by atoms with Crippen LogP contribution in [0.25, 0.3) is 0 Å². The molecular weight excluding hydrogens is 314 g/mol. The van der Waals surface area contributed by atoms with E-state index in [2.05, 4.69) is 15.6 Å². The van der Waals surface area contributed by atoms with Gasteiger partial charge in [-0.05, 0) is 44.7 Å². The number of aryl methyl sites for hydroxylation is 1. The third-order valence-corrected chi connectivity index (χ3v) is 4.93. The minimum Gasteiger partial charge on any atom is -0.466 e. The van der Waals surface area contributed by atoms with E-state index >= 15 is 0 Å². The summed E-state index contributed by atoms with van der Waals surface area (Å²) in [5, 5.41) is 17.0. The molecule has 2 heterocycles. The lowest BCUT2D eigenvalue weighted by Crippen LogP contribution is -2.44. The predicted molar refractivity (Wildman–Crippen MR) is 87.1 cm³/mol. The Morgan fingerprint density at radius 3 is 2.96 bits per heavy atom. The Labute approximate surface area is 138 Å². The number of hydrogen-bond donors (Lipinski definition) is 3. The average molecular weight is 335 g/mol. The number of furan rings is 1. The Morgan fingerprint density at radius 2 is 2.39 bits per heavy atom. The first-order valence-corrected chi connectivity index (χ1v) is 8.50. The summed E-state index contributed by atoms with van der Waals surface area (Å²) in [5.41, 5.74) is -1.24. The van der Waals surface area contributed by atoms with Gasteiger partial charge in [-0.3, -0.25) is 0 Å². The van der Waals surface area contributed by atoms with Crippen molar-refractivity contribution in [3.05, 3.63) is 40.2 Å². The van der Waals surface area contributed by atoms with Gasteiger partial charge in [0, 0.05) is 11.1 Å². The van der Waals surface area contributed by atoms with Gasteiger partial charge in [0.2, 0.25) is 0 Å². The molecule has 2 aromatic rings. The van der Waals surface area contributed by atoms with E-state index in [1.165, 1.54) is 6.26 Å². The van der Waals surface area contributed by atoms with Crippen molar-refractivity contribution in [3.8, 4) is 0 Å². The van der Waals surface area contributed by atoms with Crippen molar-refractivity contribution in [2.75, 3.05) is 6.54 Å². The number of hydrogen-bond acceptors (Lipinski definition) is 5. The molecule has 2 unspecified atom stereocenters. The molecule has 1 aliphatic rings. The summed E-state index contributed by atoms with van der Waals surface area (Å²) < 4.78 is 5.20. The van der Waals surface area contributed by atoms with Crippen molar-refractivity contribution in [1.29, 1.82) is 0 Å². The summed E-state index contributed by atoms with van der Waals surface area (Å²) in [6.07, 6.45) is 5.54. The van der Waals surface area contributed by atoms with E-state index < -0.39 is 5.60 Å². The Balaban J connectivity index is 1.57. The Hall–Kier alpha value is -1.86. The number of rotatable bonds is 6. The highest BCUT2D eigenvalue weighted by molar-refractivity contribution is 7.11. The summed E-state index contributed by atoms with van der Waals surface area (Å²) in [7, 11) is 0. The van der Waals surface area contributed by atoms with Gasteiger partial charge in [0.15, 0.2) is 0 Å². The van der Waals surface area contributed by atoms with Crippen molar-refractivity contribution in [1.82, 2.24) is 15.6 Å². The number of nitrogens with one attached hydrogen (secondary N) is 2. The largest absolute Gasteiger partial charge is 0.466 e. The van der Waals surface area contributed by atoms with Crippen LogP contribution in [0.4, 0.5) is 4.79 Å². The van der Waals surface area contributed by atoms with Crippen LogP contribution < -0.4 is 10.6 Å². The molecular formula is C16H21N3O3S. The van der Waals surface area contributed by atoms with Gasteiger partial charge in [-0.2, -0.15) is 0 Å². The fraction of sp³-hybridized carbons (Fsp3) is 0.500. The van der Waals surface area contributed by atoms with Crippen LogP contribution in [-0.4, -0.2) is 22.7 Å². The van der Waals surface area contributed by atoms with E-state index in [-0.39, 0.29) is 18.6 Å². The second kappa shape index (κ2) is 6.33. The molecule has 2 aromatic heterocycles. The van der Waals surface area contributed by atoms with Gasteiger partial charge >= 0.3 is 6.03 Å². The lowest BCUT2D eigenvalue weighted by molar-refractivity contribution is 0.0366. The lowest BCUT2D eigenvalue weighted by atomic mass is 10.0. The van der Waals surface area contributed by atoms with Gasteiger partial charge in [0.05, 0.1) is 18.8 Å². The molecule has 1 saturated carbocycles. The van der Waals surface area contributed by atoms with Gasteiger partial charge in [-0.15, -0.1) is 11.3 Å². The Kier molecular flexibility index (Phi) is 4.41. The maximum Gasteiger partial charge on any atom is 0.315 e. The first-order chi connectivity index (χ1) is 11.0. The maximum atomic E-state index is 12.2. The Bertz CT molecular complexity index is 662. The molecule has 1 aliphatic carbocycles. The van der Waals surface area contributed by atoms with Gasteiger partial charge in [0.25, 0.3) is 0 Å². The molecule has 6 nitrogen and oxygen atoms in total. The molecule has 1 fully saturated rings. The molecule has 0 aliphatic heterocycles. The molecule has 0 saturated heterocycles. The van der Waals surface area contributed by atoms with Crippen molar-refractivity contribution >= 4 is 17.4 Å². The van der Waals surface area contributed by atoms with Crippen LogP contribution in [0.3, 0.4) is 0 Å². The fourth-order valence-electron chi connectivity index (χ4n) is 2.44. The molecule has 3 N–H and O–H groups in total. The summed E-state index contributed by atoms with van der Waals surface area (Å²) in [6.45, 7) is 3.68. The number of amides is 2. The number of carbonyl (C=O) groups excluding carboxylic acids is 1. The van der Waals surface area contributed by atoms with E-state index in [9.17, 15) is 9.90 Å². The average Bonchev–Trinajstić information content (AvgIpc) is 3.00. The molecule has 2 amide bonds. The molecule has 0 bridgehead atoms. The number of nitrogens with zero attached hydrogens (tertiary/aromatic N) is 1. The highest BCUT2D eigenvalue weighted by Gasteiger charge is 2.35. The normalized spacial score (nSPS) is 18.2. The quantitative estimate of drug-likeness (QED) is 0.757. The van der Waals surface area contributed by atoms with Gasteiger partial charge in [-0.25, -0.2) is 9.78 Å². The van der Waals surface area contributed by atoms with E-state index in [0.29, 0.717) is 11.7 Å². The monoisotopic (exact) mass is 335 g/mol. The zero-order valence-corrected chi connectivity index (χ0v) is 14.0.